The van der Waals surface area contributed by atoms with Crippen LogP contribution in [0, 0.1) is 0 Å². The van der Waals surface area contributed by atoms with Crippen LogP contribution in [-0.2, 0) is 9.59 Å². The van der Waals surface area contributed by atoms with E-state index in [1.807, 2.05) is 0 Å². The van der Waals surface area contributed by atoms with Crippen molar-refractivity contribution >= 4 is 30.3 Å². The molecule has 23 heavy (non-hydrogen) atoms. The zero-order valence-electron chi connectivity index (χ0n) is 12.0. The summed E-state index contributed by atoms with van der Waals surface area (Å²) >= 11 is 3.74. The number of Topliss-reactive ketones (excluding diaryl/α,β-unsaturated/α-hetero) is 1. The number of hydrogen-bond acceptors (Lipinski definition) is 4. The van der Waals surface area contributed by atoms with Gasteiger partial charge in [-0.2, -0.15) is 12.6 Å². The fourth-order valence-corrected chi connectivity index (χ4v) is 2.12. The van der Waals surface area contributed by atoms with Gasteiger partial charge in [-0.05, 0) is 5.56 Å². The smallest absolute Gasteiger partial charge is 0.326 e. The van der Waals surface area contributed by atoms with Gasteiger partial charge in [0.25, 0.3) is 0 Å². The van der Waals surface area contributed by atoms with Gasteiger partial charge in [-0.3, -0.25) is 14.4 Å². The molecule has 2 N–H and O–H groups in total. The molecule has 0 saturated heterocycles. The van der Waals surface area contributed by atoms with E-state index in [2.05, 4.69) is 17.9 Å². The highest BCUT2D eigenvalue weighted by Gasteiger charge is 2.29. The molecule has 118 valence electrons. The van der Waals surface area contributed by atoms with Gasteiger partial charge in [0.15, 0.2) is 11.0 Å². The van der Waals surface area contributed by atoms with Gasteiger partial charge in [-0.25, -0.2) is 0 Å². The van der Waals surface area contributed by atoms with Crippen molar-refractivity contribution in [2.45, 2.75) is 11.3 Å². The number of thiol groups is 1. The van der Waals surface area contributed by atoms with Crippen LogP contribution in [0.4, 0.5) is 0 Å². The van der Waals surface area contributed by atoms with Crippen molar-refractivity contribution in [2.24, 2.45) is 0 Å². The van der Waals surface area contributed by atoms with Gasteiger partial charge >= 0.3 is 5.97 Å². The number of hydrogen-bond donors (Lipinski definition) is 3. The molecule has 5 nitrogen and oxygen atoms in total. The van der Waals surface area contributed by atoms with E-state index in [0.29, 0.717) is 11.1 Å². The van der Waals surface area contributed by atoms with Crippen LogP contribution in [0.2, 0.25) is 0 Å². The van der Waals surface area contributed by atoms with Gasteiger partial charge in [0.05, 0.1) is 0 Å². The maximum Gasteiger partial charge on any atom is 0.326 e. The second kappa shape index (κ2) is 7.60. The molecule has 2 aromatic rings. The highest BCUT2D eigenvalue weighted by molar-refractivity contribution is 7.82. The van der Waals surface area contributed by atoms with Crippen LogP contribution in [0.25, 0.3) is 0 Å². The zero-order chi connectivity index (χ0) is 16.8. The first-order valence-corrected chi connectivity index (χ1v) is 7.38. The number of carboxylic acid groups (broad SMARTS) is 1. The number of amides is 1. The van der Waals surface area contributed by atoms with Gasteiger partial charge < -0.3 is 10.4 Å². The van der Waals surface area contributed by atoms with Gasteiger partial charge in [0.2, 0.25) is 5.91 Å². The summed E-state index contributed by atoms with van der Waals surface area (Å²) in [7, 11) is 0. The summed E-state index contributed by atoms with van der Waals surface area (Å²) < 4.78 is 0. The molecule has 2 rings (SSSR count). The van der Waals surface area contributed by atoms with E-state index in [9.17, 15) is 14.4 Å². The van der Waals surface area contributed by atoms with E-state index in [1.165, 1.54) is 0 Å². The highest BCUT2D eigenvalue weighted by atomic mass is 32.1. The average Bonchev–Trinajstić information content (AvgIpc) is 2.59. The predicted molar refractivity (Wildman–Crippen MR) is 88.5 cm³/mol. The zero-order valence-corrected chi connectivity index (χ0v) is 12.9. The standard InChI is InChI=1S/C17H15NO4S/c19-14(12-9-5-2-6-10-12)13(11-7-3-1-4-8-11)18-16(20)15(23)17(21)22/h1-10,13,15,23H,(H,18,20)(H,21,22). The van der Waals surface area contributed by atoms with Crippen molar-refractivity contribution in [1.82, 2.24) is 5.32 Å². The molecule has 0 aliphatic heterocycles. The van der Waals surface area contributed by atoms with Crippen molar-refractivity contribution < 1.29 is 19.5 Å². The van der Waals surface area contributed by atoms with Crippen molar-refractivity contribution in [3.05, 3.63) is 71.8 Å². The monoisotopic (exact) mass is 329 g/mol. The lowest BCUT2D eigenvalue weighted by Crippen LogP contribution is -2.41. The number of ketones is 1. The molecule has 0 radical (unpaired) electrons. The van der Waals surface area contributed by atoms with Crippen LogP contribution in [0.3, 0.4) is 0 Å². The SMILES string of the molecule is O=C(O)C(S)C(=O)NC(C(=O)c1ccccc1)c1ccccc1. The Labute approximate surface area is 138 Å². The van der Waals surface area contributed by atoms with E-state index in [4.69, 9.17) is 5.11 Å². The molecule has 0 saturated carbocycles. The van der Waals surface area contributed by atoms with Crippen LogP contribution in [-0.4, -0.2) is 28.0 Å². The summed E-state index contributed by atoms with van der Waals surface area (Å²) in [4.78, 5) is 35.5. The molecule has 0 fully saturated rings. The molecule has 2 atom stereocenters. The third-order valence-corrected chi connectivity index (χ3v) is 3.68. The Morgan fingerprint density at radius 3 is 1.96 bits per heavy atom. The maximum atomic E-state index is 12.7. The molecule has 6 heteroatoms. The predicted octanol–water partition coefficient (Wildman–Crippen LogP) is 2.11. The molecule has 0 aromatic heterocycles. The lowest BCUT2D eigenvalue weighted by atomic mass is 9.97. The van der Waals surface area contributed by atoms with Crippen molar-refractivity contribution in [1.29, 1.82) is 0 Å². The number of benzene rings is 2. The normalized spacial score (nSPS) is 12.9. The number of carbonyl (C=O) groups is 3. The van der Waals surface area contributed by atoms with E-state index >= 15 is 0 Å². The fourth-order valence-electron chi connectivity index (χ4n) is 2.05. The second-order valence-corrected chi connectivity index (χ2v) is 5.34. The molecule has 0 bridgehead atoms. The molecule has 0 aliphatic rings. The fraction of sp³-hybridized carbons (Fsp3) is 0.118. The summed E-state index contributed by atoms with van der Waals surface area (Å²) in [6.45, 7) is 0. The van der Waals surface area contributed by atoms with E-state index in [0.717, 1.165) is 0 Å². The summed E-state index contributed by atoms with van der Waals surface area (Å²) in [6, 6.07) is 16.2. The van der Waals surface area contributed by atoms with Crippen molar-refractivity contribution in [2.75, 3.05) is 0 Å². The number of carbonyl (C=O) groups excluding carboxylic acids is 2. The van der Waals surface area contributed by atoms with Crippen LogP contribution in [0.15, 0.2) is 60.7 Å². The Morgan fingerprint density at radius 2 is 1.43 bits per heavy atom. The topological polar surface area (TPSA) is 83.5 Å². The Morgan fingerprint density at radius 1 is 0.913 bits per heavy atom. The summed E-state index contributed by atoms with van der Waals surface area (Å²) in [6.07, 6.45) is 0. The molecular weight excluding hydrogens is 314 g/mol. The number of aliphatic carboxylic acids is 1. The molecular formula is C17H15NO4S. The lowest BCUT2D eigenvalue weighted by molar-refractivity contribution is -0.140. The Hall–Kier alpha value is -2.60. The number of carboxylic acids is 1. The highest BCUT2D eigenvalue weighted by Crippen LogP contribution is 2.19. The second-order valence-electron chi connectivity index (χ2n) is 4.82. The first-order valence-electron chi connectivity index (χ1n) is 6.86. The quantitative estimate of drug-likeness (QED) is 0.431. The minimum atomic E-state index is -1.54. The van der Waals surface area contributed by atoms with E-state index < -0.39 is 23.2 Å². The first kappa shape index (κ1) is 16.8. The van der Waals surface area contributed by atoms with Gasteiger partial charge in [-0.1, -0.05) is 60.7 Å². The lowest BCUT2D eigenvalue weighted by Gasteiger charge is -2.19. The number of rotatable bonds is 6. The van der Waals surface area contributed by atoms with Gasteiger partial charge in [0, 0.05) is 5.56 Å². The van der Waals surface area contributed by atoms with E-state index in [-0.39, 0.29) is 5.78 Å². The van der Waals surface area contributed by atoms with Crippen molar-refractivity contribution in [3.8, 4) is 0 Å². The maximum absolute atomic E-state index is 12.7. The Bertz CT molecular complexity index is 703. The van der Waals surface area contributed by atoms with Crippen molar-refractivity contribution in [3.63, 3.8) is 0 Å². The molecule has 2 unspecified atom stereocenters. The third kappa shape index (κ3) is 4.20. The molecule has 1 amide bonds. The summed E-state index contributed by atoms with van der Waals surface area (Å²) in [5.41, 5.74) is 0.994. The van der Waals surface area contributed by atoms with Gasteiger partial charge in [-0.15, -0.1) is 0 Å². The minimum absolute atomic E-state index is 0.323. The van der Waals surface area contributed by atoms with Gasteiger partial charge in [0.1, 0.15) is 6.04 Å². The Balaban J connectivity index is 2.32. The molecule has 0 aliphatic carbocycles. The minimum Gasteiger partial charge on any atom is -0.480 e. The third-order valence-electron chi connectivity index (χ3n) is 3.22. The molecule has 0 heterocycles. The summed E-state index contributed by atoms with van der Waals surface area (Å²) in [5, 5.41) is 9.80. The van der Waals surface area contributed by atoms with E-state index in [1.54, 1.807) is 60.7 Å². The van der Waals surface area contributed by atoms with Crippen LogP contribution in [0.1, 0.15) is 22.0 Å². The van der Waals surface area contributed by atoms with Crippen LogP contribution in [0.5, 0.6) is 0 Å². The van der Waals surface area contributed by atoms with Crippen LogP contribution < -0.4 is 5.32 Å². The largest absolute Gasteiger partial charge is 0.480 e. The summed E-state index contributed by atoms with van der Waals surface area (Å²) in [5.74, 6) is -2.53. The average molecular weight is 329 g/mol. The Kier molecular flexibility index (Phi) is 5.54. The van der Waals surface area contributed by atoms with Crippen LogP contribution >= 0.6 is 12.6 Å². The number of nitrogens with one attached hydrogen (secondary N) is 1. The molecule has 2 aromatic carbocycles. The molecule has 0 spiro atoms. The first-order chi connectivity index (χ1) is 11.0.